The zero-order valence-corrected chi connectivity index (χ0v) is 15.0. The standard InChI is InChI=1S/C18H24N2O4S/c21-18(19-8-4-5-9-19)16-10-15-11-20(12-17(16)24-15)25(22,23)13-14-6-2-1-3-7-14/h1-3,6-7,15-17H,4-5,8-13H2/t15-,16-,17+/m0/s1. The van der Waals surface area contributed by atoms with Crippen LogP contribution >= 0.6 is 0 Å². The summed E-state index contributed by atoms with van der Waals surface area (Å²) in [5.41, 5.74) is 0.783. The van der Waals surface area contributed by atoms with Crippen LogP contribution in [0.15, 0.2) is 30.3 Å². The van der Waals surface area contributed by atoms with Crippen molar-refractivity contribution in [2.24, 2.45) is 5.92 Å². The van der Waals surface area contributed by atoms with Crippen molar-refractivity contribution in [1.82, 2.24) is 9.21 Å². The van der Waals surface area contributed by atoms with Gasteiger partial charge in [0, 0.05) is 26.2 Å². The smallest absolute Gasteiger partial charge is 0.228 e. The summed E-state index contributed by atoms with van der Waals surface area (Å²) in [7, 11) is -3.40. The van der Waals surface area contributed by atoms with Crippen LogP contribution in [0.2, 0.25) is 0 Å². The lowest BCUT2D eigenvalue weighted by Gasteiger charge is -2.32. The Labute approximate surface area is 148 Å². The molecule has 1 amide bonds. The highest BCUT2D eigenvalue weighted by Crippen LogP contribution is 2.35. The molecule has 0 spiro atoms. The molecule has 25 heavy (non-hydrogen) atoms. The first-order valence-electron chi connectivity index (χ1n) is 8.99. The molecule has 0 aliphatic carbocycles. The van der Waals surface area contributed by atoms with Crippen LogP contribution in [-0.4, -0.2) is 61.9 Å². The quantitative estimate of drug-likeness (QED) is 0.806. The molecule has 3 aliphatic heterocycles. The van der Waals surface area contributed by atoms with Crippen LogP contribution in [0.5, 0.6) is 0 Å². The molecule has 0 radical (unpaired) electrons. The number of rotatable bonds is 4. The van der Waals surface area contributed by atoms with E-state index in [1.54, 1.807) is 0 Å². The predicted octanol–water partition coefficient (Wildman–Crippen LogP) is 1.23. The highest BCUT2D eigenvalue weighted by molar-refractivity contribution is 7.88. The fourth-order valence-corrected chi connectivity index (χ4v) is 5.72. The molecule has 2 bridgehead atoms. The van der Waals surface area contributed by atoms with Crippen molar-refractivity contribution in [3.8, 4) is 0 Å². The van der Waals surface area contributed by atoms with Crippen molar-refractivity contribution < 1.29 is 17.9 Å². The van der Waals surface area contributed by atoms with Gasteiger partial charge in [-0.2, -0.15) is 4.31 Å². The molecule has 136 valence electrons. The topological polar surface area (TPSA) is 66.9 Å². The average molecular weight is 364 g/mol. The van der Waals surface area contributed by atoms with Crippen LogP contribution in [0.3, 0.4) is 0 Å². The van der Waals surface area contributed by atoms with Crippen molar-refractivity contribution >= 4 is 15.9 Å². The lowest BCUT2D eigenvalue weighted by molar-refractivity contribution is -0.136. The summed E-state index contributed by atoms with van der Waals surface area (Å²) in [6.07, 6.45) is 2.28. The highest BCUT2D eigenvalue weighted by atomic mass is 32.2. The van der Waals surface area contributed by atoms with Gasteiger partial charge < -0.3 is 9.64 Å². The van der Waals surface area contributed by atoms with E-state index in [0.717, 1.165) is 31.5 Å². The molecule has 4 rings (SSSR count). The molecular formula is C18H24N2O4S. The second kappa shape index (κ2) is 6.70. The summed E-state index contributed by atoms with van der Waals surface area (Å²) in [6.45, 7) is 2.29. The van der Waals surface area contributed by atoms with Gasteiger partial charge >= 0.3 is 0 Å². The minimum Gasteiger partial charge on any atom is -0.371 e. The third-order valence-electron chi connectivity index (χ3n) is 5.44. The van der Waals surface area contributed by atoms with E-state index >= 15 is 0 Å². The first kappa shape index (κ1) is 17.0. The molecule has 3 fully saturated rings. The molecule has 0 aromatic heterocycles. The lowest BCUT2D eigenvalue weighted by Crippen LogP contribution is -2.48. The van der Waals surface area contributed by atoms with Gasteiger partial charge in [0.25, 0.3) is 0 Å². The van der Waals surface area contributed by atoms with Crippen LogP contribution in [-0.2, 0) is 25.3 Å². The van der Waals surface area contributed by atoms with Gasteiger partial charge in [-0.25, -0.2) is 8.42 Å². The summed E-state index contributed by atoms with van der Waals surface area (Å²) < 4.78 is 33.0. The fourth-order valence-electron chi connectivity index (χ4n) is 4.16. The van der Waals surface area contributed by atoms with Crippen LogP contribution < -0.4 is 0 Å². The van der Waals surface area contributed by atoms with Crippen LogP contribution in [0.4, 0.5) is 0 Å². The van der Waals surface area contributed by atoms with E-state index in [1.165, 1.54) is 4.31 Å². The third kappa shape index (κ3) is 3.45. The van der Waals surface area contributed by atoms with Crippen LogP contribution in [0.1, 0.15) is 24.8 Å². The van der Waals surface area contributed by atoms with Gasteiger partial charge in [-0.15, -0.1) is 0 Å². The first-order chi connectivity index (χ1) is 12.0. The van der Waals surface area contributed by atoms with E-state index in [1.807, 2.05) is 35.2 Å². The lowest BCUT2D eigenvalue weighted by atomic mass is 9.99. The van der Waals surface area contributed by atoms with E-state index in [0.29, 0.717) is 13.0 Å². The molecule has 6 nitrogen and oxygen atoms in total. The van der Waals surface area contributed by atoms with Gasteiger partial charge in [-0.1, -0.05) is 30.3 Å². The molecule has 3 atom stereocenters. The van der Waals surface area contributed by atoms with Crippen molar-refractivity contribution in [1.29, 1.82) is 0 Å². The van der Waals surface area contributed by atoms with Crippen molar-refractivity contribution in [2.45, 2.75) is 37.2 Å². The normalized spacial score (nSPS) is 29.9. The number of morpholine rings is 1. The molecule has 1 aromatic rings. The Morgan fingerprint density at radius 3 is 2.56 bits per heavy atom. The highest BCUT2D eigenvalue weighted by Gasteiger charge is 2.48. The summed E-state index contributed by atoms with van der Waals surface area (Å²) in [5, 5.41) is 0. The van der Waals surface area contributed by atoms with Gasteiger partial charge in [0.05, 0.1) is 23.9 Å². The van der Waals surface area contributed by atoms with Crippen molar-refractivity contribution in [3.05, 3.63) is 35.9 Å². The number of carbonyl (C=O) groups excluding carboxylic acids is 1. The van der Waals surface area contributed by atoms with Gasteiger partial charge in [-0.3, -0.25) is 4.79 Å². The molecule has 7 heteroatoms. The van der Waals surface area contributed by atoms with Gasteiger partial charge in [-0.05, 0) is 24.8 Å². The Bertz CT molecular complexity index is 731. The monoisotopic (exact) mass is 364 g/mol. The maximum atomic E-state index is 12.8. The zero-order chi connectivity index (χ0) is 17.4. The summed E-state index contributed by atoms with van der Waals surface area (Å²) >= 11 is 0. The van der Waals surface area contributed by atoms with Crippen molar-refractivity contribution in [2.75, 3.05) is 26.2 Å². The molecule has 3 saturated heterocycles. The number of nitrogens with zero attached hydrogens (tertiary/aromatic N) is 2. The average Bonchev–Trinajstić information content (AvgIpc) is 3.23. The Hall–Kier alpha value is -1.44. The van der Waals surface area contributed by atoms with Crippen LogP contribution in [0.25, 0.3) is 0 Å². The minimum absolute atomic E-state index is 0.00197. The molecule has 0 saturated carbocycles. The number of benzene rings is 1. The van der Waals surface area contributed by atoms with E-state index in [-0.39, 0.29) is 36.3 Å². The maximum absolute atomic E-state index is 12.8. The van der Waals surface area contributed by atoms with Gasteiger partial charge in [0.1, 0.15) is 0 Å². The Kier molecular flexibility index (Phi) is 4.56. The zero-order valence-electron chi connectivity index (χ0n) is 14.2. The summed E-state index contributed by atoms with van der Waals surface area (Å²) in [6, 6.07) is 9.22. The minimum atomic E-state index is -3.40. The van der Waals surface area contributed by atoms with Crippen LogP contribution in [0, 0.1) is 5.92 Å². The number of likely N-dealkylation sites (tertiary alicyclic amines) is 1. The molecule has 0 unspecified atom stereocenters. The second-order valence-electron chi connectivity index (χ2n) is 7.23. The van der Waals surface area contributed by atoms with Gasteiger partial charge in [0.15, 0.2) is 0 Å². The number of carbonyl (C=O) groups is 1. The van der Waals surface area contributed by atoms with E-state index in [4.69, 9.17) is 4.74 Å². The second-order valence-corrected chi connectivity index (χ2v) is 9.20. The number of hydrogen-bond acceptors (Lipinski definition) is 4. The fraction of sp³-hybridized carbons (Fsp3) is 0.611. The Morgan fingerprint density at radius 1 is 1.12 bits per heavy atom. The predicted molar refractivity (Wildman–Crippen MR) is 93.2 cm³/mol. The number of fused-ring (bicyclic) bond motifs is 2. The largest absolute Gasteiger partial charge is 0.371 e. The molecule has 3 aliphatic rings. The van der Waals surface area contributed by atoms with E-state index in [9.17, 15) is 13.2 Å². The number of sulfonamides is 1. The SMILES string of the molecule is O=C([C@H]1C[C@H]2CN(S(=O)(=O)Cc3ccccc3)C[C@H]1O2)N1CCCC1. The number of amides is 1. The third-order valence-corrected chi connectivity index (χ3v) is 7.23. The number of hydrogen-bond donors (Lipinski definition) is 0. The van der Waals surface area contributed by atoms with Gasteiger partial charge in [0.2, 0.25) is 15.9 Å². The molecular weight excluding hydrogens is 340 g/mol. The summed E-state index contributed by atoms with van der Waals surface area (Å²) in [5.74, 6) is -0.0507. The first-order valence-corrected chi connectivity index (χ1v) is 10.6. The Balaban J connectivity index is 1.45. The van der Waals surface area contributed by atoms with Crippen molar-refractivity contribution in [3.63, 3.8) is 0 Å². The molecule has 0 N–H and O–H groups in total. The molecule has 1 aromatic carbocycles. The maximum Gasteiger partial charge on any atom is 0.228 e. The summed E-state index contributed by atoms with van der Waals surface area (Å²) in [4.78, 5) is 14.6. The molecule has 3 heterocycles. The van der Waals surface area contributed by atoms with E-state index < -0.39 is 10.0 Å². The number of ether oxygens (including phenoxy) is 1. The Morgan fingerprint density at radius 2 is 1.84 bits per heavy atom. The van der Waals surface area contributed by atoms with E-state index in [2.05, 4.69) is 0 Å².